The van der Waals surface area contributed by atoms with Crippen LogP contribution in [0.3, 0.4) is 0 Å². The normalized spacial score (nSPS) is 9.53. The summed E-state index contributed by atoms with van der Waals surface area (Å²) in [6.45, 7) is 1.85. The van der Waals surface area contributed by atoms with Crippen LogP contribution in [0.1, 0.15) is 6.92 Å². The SMILES string of the molecule is COc1ccc(NCC(C)=O)cc1OC. The number of nitrogens with one attached hydrogen (secondary N) is 1. The Bertz CT molecular complexity index is 350. The molecule has 0 aliphatic heterocycles. The molecule has 0 fully saturated rings. The fourth-order valence-corrected chi connectivity index (χ4v) is 1.17. The van der Waals surface area contributed by atoms with Crippen LogP contribution >= 0.6 is 0 Å². The quantitative estimate of drug-likeness (QED) is 0.801. The monoisotopic (exact) mass is 209 g/mol. The Morgan fingerprint density at radius 3 is 2.47 bits per heavy atom. The molecule has 0 saturated heterocycles. The maximum atomic E-state index is 10.8. The molecule has 1 N–H and O–H groups in total. The largest absolute Gasteiger partial charge is 0.493 e. The van der Waals surface area contributed by atoms with E-state index in [0.29, 0.717) is 18.0 Å². The smallest absolute Gasteiger partial charge is 0.162 e. The standard InChI is InChI=1S/C11H15NO3/c1-8(13)7-12-9-4-5-10(14-2)11(6-9)15-3/h4-6,12H,7H2,1-3H3. The molecular formula is C11H15NO3. The fourth-order valence-electron chi connectivity index (χ4n) is 1.17. The van der Waals surface area contributed by atoms with Crippen LogP contribution in [0, 0.1) is 0 Å². The van der Waals surface area contributed by atoms with E-state index in [1.165, 1.54) is 6.92 Å². The Kier molecular flexibility index (Phi) is 3.97. The fraction of sp³-hybridized carbons (Fsp3) is 0.364. The maximum Gasteiger partial charge on any atom is 0.162 e. The van der Waals surface area contributed by atoms with Crippen molar-refractivity contribution >= 4 is 11.5 Å². The molecule has 0 atom stereocenters. The summed E-state index contributed by atoms with van der Waals surface area (Å²) in [5.41, 5.74) is 0.836. The molecule has 0 aliphatic rings. The van der Waals surface area contributed by atoms with Crippen LogP contribution in [0.4, 0.5) is 5.69 Å². The van der Waals surface area contributed by atoms with Crippen LogP contribution in [0.25, 0.3) is 0 Å². The highest BCUT2D eigenvalue weighted by Gasteiger charge is 2.04. The van der Waals surface area contributed by atoms with Crippen LogP contribution in [0.5, 0.6) is 11.5 Å². The van der Waals surface area contributed by atoms with Gasteiger partial charge in [0.05, 0.1) is 20.8 Å². The second-order valence-corrected chi connectivity index (χ2v) is 3.13. The zero-order chi connectivity index (χ0) is 11.3. The number of carbonyl (C=O) groups excluding carboxylic acids is 1. The number of rotatable bonds is 5. The molecule has 0 saturated carbocycles. The zero-order valence-electron chi connectivity index (χ0n) is 9.16. The van der Waals surface area contributed by atoms with Crippen molar-refractivity contribution in [3.63, 3.8) is 0 Å². The average Bonchev–Trinajstić information content (AvgIpc) is 2.25. The maximum absolute atomic E-state index is 10.8. The van der Waals surface area contributed by atoms with E-state index in [0.717, 1.165) is 5.69 Å². The second kappa shape index (κ2) is 5.24. The van der Waals surface area contributed by atoms with E-state index >= 15 is 0 Å². The van der Waals surface area contributed by atoms with Gasteiger partial charge in [-0.15, -0.1) is 0 Å². The summed E-state index contributed by atoms with van der Waals surface area (Å²) in [6, 6.07) is 5.42. The second-order valence-electron chi connectivity index (χ2n) is 3.13. The highest BCUT2D eigenvalue weighted by molar-refractivity contribution is 5.80. The van der Waals surface area contributed by atoms with Gasteiger partial charge in [-0.2, -0.15) is 0 Å². The van der Waals surface area contributed by atoms with Gasteiger partial charge in [0, 0.05) is 11.8 Å². The molecule has 0 spiro atoms. The van der Waals surface area contributed by atoms with E-state index in [-0.39, 0.29) is 5.78 Å². The van der Waals surface area contributed by atoms with E-state index in [1.54, 1.807) is 26.4 Å². The number of hydrogen-bond acceptors (Lipinski definition) is 4. The molecule has 1 aromatic carbocycles. The number of carbonyl (C=O) groups is 1. The first-order valence-corrected chi connectivity index (χ1v) is 4.62. The molecule has 0 amide bonds. The van der Waals surface area contributed by atoms with Gasteiger partial charge in [-0.1, -0.05) is 0 Å². The number of ketones is 1. The van der Waals surface area contributed by atoms with Gasteiger partial charge >= 0.3 is 0 Å². The Morgan fingerprint density at radius 2 is 1.93 bits per heavy atom. The molecule has 0 unspecified atom stereocenters. The molecular weight excluding hydrogens is 194 g/mol. The molecule has 15 heavy (non-hydrogen) atoms. The summed E-state index contributed by atoms with van der Waals surface area (Å²) in [6.07, 6.45) is 0. The summed E-state index contributed by atoms with van der Waals surface area (Å²) in [4.78, 5) is 10.8. The van der Waals surface area contributed by atoms with E-state index in [4.69, 9.17) is 9.47 Å². The van der Waals surface area contributed by atoms with Crippen molar-refractivity contribution in [2.24, 2.45) is 0 Å². The number of Topliss-reactive ketones (excluding diaryl/α,β-unsaturated/α-hetero) is 1. The lowest BCUT2D eigenvalue weighted by atomic mass is 10.2. The average molecular weight is 209 g/mol. The Balaban J connectivity index is 2.78. The highest BCUT2D eigenvalue weighted by Crippen LogP contribution is 2.29. The van der Waals surface area contributed by atoms with Crippen LogP contribution in [0.15, 0.2) is 18.2 Å². The summed E-state index contributed by atoms with van der Waals surface area (Å²) in [5, 5.41) is 2.99. The summed E-state index contributed by atoms with van der Waals surface area (Å²) < 4.78 is 10.2. The predicted molar refractivity (Wildman–Crippen MR) is 58.7 cm³/mol. The van der Waals surface area contributed by atoms with Gasteiger partial charge in [0.25, 0.3) is 0 Å². The third-order valence-electron chi connectivity index (χ3n) is 1.92. The number of methoxy groups -OCH3 is 2. The van der Waals surface area contributed by atoms with Crippen molar-refractivity contribution in [3.8, 4) is 11.5 Å². The third-order valence-corrected chi connectivity index (χ3v) is 1.92. The van der Waals surface area contributed by atoms with Gasteiger partial charge in [-0.05, 0) is 19.1 Å². The van der Waals surface area contributed by atoms with Gasteiger partial charge in [-0.3, -0.25) is 4.79 Å². The lowest BCUT2D eigenvalue weighted by Gasteiger charge is -2.10. The van der Waals surface area contributed by atoms with E-state index in [2.05, 4.69) is 5.32 Å². The molecule has 4 nitrogen and oxygen atoms in total. The predicted octanol–water partition coefficient (Wildman–Crippen LogP) is 1.70. The van der Waals surface area contributed by atoms with Crippen molar-refractivity contribution < 1.29 is 14.3 Å². The first-order chi connectivity index (χ1) is 7.17. The number of hydrogen-bond donors (Lipinski definition) is 1. The van der Waals surface area contributed by atoms with Crippen LogP contribution in [-0.4, -0.2) is 26.5 Å². The molecule has 0 radical (unpaired) electrons. The van der Waals surface area contributed by atoms with E-state index in [9.17, 15) is 4.79 Å². The van der Waals surface area contributed by atoms with Crippen molar-refractivity contribution in [1.82, 2.24) is 0 Å². The molecule has 1 rings (SSSR count). The topological polar surface area (TPSA) is 47.6 Å². The molecule has 82 valence electrons. The molecule has 0 aliphatic carbocycles. The van der Waals surface area contributed by atoms with Crippen molar-refractivity contribution in [3.05, 3.63) is 18.2 Å². The lowest BCUT2D eigenvalue weighted by Crippen LogP contribution is -2.09. The molecule has 4 heteroatoms. The Labute approximate surface area is 89.2 Å². The Morgan fingerprint density at radius 1 is 1.27 bits per heavy atom. The van der Waals surface area contributed by atoms with Crippen molar-refractivity contribution in [2.75, 3.05) is 26.1 Å². The third kappa shape index (κ3) is 3.16. The van der Waals surface area contributed by atoms with Crippen molar-refractivity contribution in [1.29, 1.82) is 0 Å². The summed E-state index contributed by atoms with van der Waals surface area (Å²) >= 11 is 0. The highest BCUT2D eigenvalue weighted by atomic mass is 16.5. The molecule has 0 aromatic heterocycles. The first-order valence-electron chi connectivity index (χ1n) is 4.62. The van der Waals surface area contributed by atoms with Crippen LogP contribution in [0.2, 0.25) is 0 Å². The number of anilines is 1. The van der Waals surface area contributed by atoms with Gasteiger partial charge in [0.15, 0.2) is 11.5 Å². The number of benzene rings is 1. The summed E-state index contributed by atoms with van der Waals surface area (Å²) in [7, 11) is 3.16. The van der Waals surface area contributed by atoms with Crippen LogP contribution < -0.4 is 14.8 Å². The molecule has 0 bridgehead atoms. The van der Waals surface area contributed by atoms with Gasteiger partial charge in [0.1, 0.15) is 5.78 Å². The van der Waals surface area contributed by atoms with Crippen molar-refractivity contribution in [2.45, 2.75) is 6.92 Å². The minimum absolute atomic E-state index is 0.0878. The molecule has 0 heterocycles. The zero-order valence-corrected chi connectivity index (χ0v) is 9.16. The molecule has 1 aromatic rings. The van der Waals surface area contributed by atoms with E-state index < -0.39 is 0 Å². The minimum Gasteiger partial charge on any atom is -0.493 e. The number of ether oxygens (including phenoxy) is 2. The lowest BCUT2D eigenvalue weighted by molar-refractivity contribution is -0.115. The van der Waals surface area contributed by atoms with Gasteiger partial charge in [-0.25, -0.2) is 0 Å². The van der Waals surface area contributed by atoms with Crippen LogP contribution in [-0.2, 0) is 4.79 Å². The Hall–Kier alpha value is -1.71. The first kappa shape index (κ1) is 11.4. The minimum atomic E-state index is 0.0878. The van der Waals surface area contributed by atoms with Gasteiger partial charge < -0.3 is 14.8 Å². The van der Waals surface area contributed by atoms with E-state index in [1.807, 2.05) is 6.07 Å². The summed E-state index contributed by atoms with van der Waals surface area (Å²) in [5.74, 6) is 1.40. The van der Waals surface area contributed by atoms with Gasteiger partial charge in [0.2, 0.25) is 0 Å².